The van der Waals surface area contributed by atoms with Crippen LogP contribution >= 0.6 is 11.6 Å². The summed E-state index contributed by atoms with van der Waals surface area (Å²) in [5.74, 6) is 0.503. The molecule has 2 N–H and O–H groups in total. The van der Waals surface area contributed by atoms with Crippen molar-refractivity contribution in [3.63, 3.8) is 0 Å². The third-order valence-corrected chi connectivity index (χ3v) is 3.14. The molecule has 19 heavy (non-hydrogen) atoms. The van der Waals surface area contributed by atoms with E-state index >= 15 is 0 Å². The highest BCUT2D eigenvalue weighted by Crippen LogP contribution is 2.27. The fourth-order valence-corrected chi connectivity index (χ4v) is 2.07. The molecule has 5 heteroatoms. The first-order valence-corrected chi connectivity index (χ1v) is 6.68. The van der Waals surface area contributed by atoms with Crippen LogP contribution in [0.25, 0.3) is 0 Å². The van der Waals surface area contributed by atoms with Crippen molar-refractivity contribution in [3.8, 4) is 5.75 Å². The van der Waals surface area contributed by atoms with Crippen LogP contribution in [0.3, 0.4) is 0 Å². The molecule has 1 aromatic carbocycles. The Morgan fingerprint density at radius 2 is 2.21 bits per heavy atom. The molecular weight excluding hydrogens is 266 g/mol. The normalized spacial score (nSPS) is 12.0. The lowest BCUT2D eigenvalue weighted by atomic mass is 10.0. The second kappa shape index (κ2) is 8.02. The van der Waals surface area contributed by atoms with Gasteiger partial charge in [0, 0.05) is 23.0 Å². The Balaban J connectivity index is 2.57. The van der Waals surface area contributed by atoms with E-state index in [0.717, 1.165) is 11.3 Å². The lowest BCUT2D eigenvalue weighted by Gasteiger charge is -2.15. The zero-order valence-electron chi connectivity index (χ0n) is 11.3. The maximum Gasteiger partial charge on any atom is 0.305 e. The molecule has 0 aliphatic rings. The highest BCUT2D eigenvalue weighted by atomic mass is 35.5. The van der Waals surface area contributed by atoms with Crippen LogP contribution < -0.4 is 10.5 Å². The second-order valence-corrected chi connectivity index (χ2v) is 4.64. The van der Waals surface area contributed by atoms with Gasteiger partial charge in [-0.25, -0.2) is 0 Å². The molecule has 0 amide bonds. The number of hydrogen-bond acceptors (Lipinski definition) is 4. The first-order chi connectivity index (χ1) is 9.08. The molecule has 106 valence electrons. The van der Waals surface area contributed by atoms with E-state index in [9.17, 15) is 4.79 Å². The monoisotopic (exact) mass is 285 g/mol. The highest BCUT2D eigenvalue weighted by Gasteiger charge is 2.13. The molecular formula is C14H20ClNO3. The average Bonchev–Trinajstić information content (AvgIpc) is 2.39. The minimum atomic E-state index is -0.218. The van der Waals surface area contributed by atoms with Gasteiger partial charge in [-0.1, -0.05) is 17.7 Å². The Morgan fingerprint density at radius 1 is 1.47 bits per heavy atom. The molecule has 0 heterocycles. The van der Waals surface area contributed by atoms with Crippen LogP contribution in [-0.2, 0) is 16.0 Å². The molecule has 1 rings (SSSR count). The third kappa shape index (κ3) is 5.09. The molecule has 0 bridgehead atoms. The minimum absolute atomic E-state index is 0.154. The molecule has 0 radical (unpaired) electrons. The largest absolute Gasteiger partial charge is 0.496 e. The third-order valence-electron chi connectivity index (χ3n) is 2.79. The number of rotatable bonds is 7. The zero-order valence-corrected chi connectivity index (χ0v) is 12.1. The van der Waals surface area contributed by atoms with Gasteiger partial charge in [-0.15, -0.1) is 0 Å². The number of nitrogens with two attached hydrogens (primary N) is 1. The first-order valence-electron chi connectivity index (χ1n) is 6.31. The Hall–Kier alpha value is -1.26. The van der Waals surface area contributed by atoms with Crippen LogP contribution in [0, 0.1) is 0 Å². The molecule has 4 nitrogen and oxygen atoms in total. The Morgan fingerprint density at radius 3 is 2.84 bits per heavy atom. The molecule has 0 fully saturated rings. The fraction of sp³-hybridized carbons (Fsp3) is 0.500. The smallest absolute Gasteiger partial charge is 0.305 e. The van der Waals surface area contributed by atoms with Crippen LogP contribution in [0.1, 0.15) is 25.3 Å². The quantitative estimate of drug-likeness (QED) is 0.782. The number of ether oxygens (including phenoxy) is 2. The first kappa shape index (κ1) is 15.8. The van der Waals surface area contributed by atoms with Gasteiger partial charge in [0.05, 0.1) is 13.7 Å². The number of esters is 1. The Kier molecular flexibility index (Phi) is 6.67. The van der Waals surface area contributed by atoms with Gasteiger partial charge in [-0.2, -0.15) is 0 Å². The van der Waals surface area contributed by atoms with Crippen LogP contribution in [-0.4, -0.2) is 25.7 Å². The Bertz CT molecular complexity index is 423. The maximum atomic E-state index is 11.3. The van der Waals surface area contributed by atoms with E-state index in [1.54, 1.807) is 20.1 Å². The van der Waals surface area contributed by atoms with E-state index < -0.39 is 0 Å². The summed E-state index contributed by atoms with van der Waals surface area (Å²) in [5, 5.41) is 0.630. The van der Waals surface area contributed by atoms with Gasteiger partial charge in [-0.3, -0.25) is 4.79 Å². The zero-order chi connectivity index (χ0) is 14.3. The second-order valence-electron chi connectivity index (χ2n) is 4.23. The standard InChI is InChI=1S/C14H20ClNO3/c1-3-19-14(17)8-7-10(16)9-11-12(15)5-4-6-13(11)18-2/h4-6,10H,3,7-9,16H2,1-2H3. The summed E-state index contributed by atoms with van der Waals surface area (Å²) in [6, 6.07) is 5.32. The highest BCUT2D eigenvalue weighted by molar-refractivity contribution is 6.31. The number of halogens is 1. The SMILES string of the molecule is CCOC(=O)CCC(N)Cc1c(Cl)cccc1OC. The van der Waals surface area contributed by atoms with Gasteiger partial charge in [0.25, 0.3) is 0 Å². The molecule has 0 aliphatic carbocycles. The number of carbonyl (C=O) groups excluding carboxylic acids is 1. The van der Waals surface area contributed by atoms with E-state index in [1.807, 2.05) is 12.1 Å². The predicted octanol–water partition coefficient (Wildman–Crippen LogP) is 2.56. The van der Waals surface area contributed by atoms with Crippen LogP contribution in [0.15, 0.2) is 18.2 Å². The van der Waals surface area contributed by atoms with Crippen LogP contribution in [0.2, 0.25) is 5.02 Å². The number of hydrogen-bond donors (Lipinski definition) is 1. The van der Waals surface area contributed by atoms with Crippen molar-refractivity contribution in [2.45, 2.75) is 32.2 Å². The van der Waals surface area contributed by atoms with Gasteiger partial charge in [0.2, 0.25) is 0 Å². The van der Waals surface area contributed by atoms with E-state index in [2.05, 4.69) is 0 Å². The van der Waals surface area contributed by atoms with E-state index in [-0.39, 0.29) is 12.0 Å². The summed E-state index contributed by atoms with van der Waals surface area (Å²) in [6.45, 7) is 2.18. The Labute approximate surface area is 118 Å². The van der Waals surface area contributed by atoms with Crippen LogP contribution in [0.5, 0.6) is 5.75 Å². The minimum Gasteiger partial charge on any atom is -0.496 e. The summed E-state index contributed by atoms with van der Waals surface area (Å²) in [7, 11) is 1.60. The van der Waals surface area contributed by atoms with E-state index in [1.165, 1.54) is 0 Å². The van der Waals surface area contributed by atoms with Gasteiger partial charge < -0.3 is 15.2 Å². The number of carbonyl (C=O) groups is 1. The van der Waals surface area contributed by atoms with Gasteiger partial charge >= 0.3 is 5.97 Å². The summed E-state index contributed by atoms with van der Waals surface area (Å²) in [5.41, 5.74) is 6.90. The van der Waals surface area contributed by atoms with Crippen molar-refractivity contribution < 1.29 is 14.3 Å². The predicted molar refractivity (Wildman–Crippen MR) is 75.6 cm³/mol. The summed E-state index contributed by atoms with van der Waals surface area (Å²) >= 11 is 6.14. The van der Waals surface area contributed by atoms with Crippen molar-refractivity contribution in [1.82, 2.24) is 0 Å². The molecule has 1 aromatic rings. The summed E-state index contributed by atoms with van der Waals surface area (Å²) < 4.78 is 10.1. The number of methoxy groups -OCH3 is 1. The molecule has 1 atom stereocenters. The van der Waals surface area contributed by atoms with E-state index in [0.29, 0.717) is 30.9 Å². The van der Waals surface area contributed by atoms with Gasteiger partial charge in [-0.05, 0) is 31.9 Å². The lowest BCUT2D eigenvalue weighted by molar-refractivity contribution is -0.143. The molecule has 1 unspecified atom stereocenters. The van der Waals surface area contributed by atoms with Crippen molar-refractivity contribution in [2.24, 2.45) is 5.73 Å². The van der Waals surface area contributed by atoms with E-state index in [4.69, 9.17) is 26.8 Å². The van der Waals surface area contributed by atoms with Gasteiger partial charge in [0.15, 0.2) is 0 Å². The topological polar surface area (TPSA) is 61.5 Å². The van der Waals surface area contributed by atoms with Crippen molar-refractivity contribution in [1.29, 1.82) is 0 Å². The molecule has 0 aliphatic heterocycles. The molecule has 0 spiro atoms. The summed E-state index contributed by atoms with van der Waals surface area (Å²) in [6.07, 6.45) is 1.46. The molecule has 0 saturated carbocycles. The van der Waals surface area contributed by atoms with Crippen molar-refractivity contribution in [3.05, 3.63) is 28.8 Å². The van der Waals surface area contributed by atoms with Crippen LogP contribution in [0.4, 0.5) is 0 Å². The summed E-state index contributed by atoms with van der Waals surface area (Å²) in [4.78, 5) is 11.3. The maximum absolute atomic E-state index is 11.3. The molecule has 0 saturated heterocycles. The van der Waals surface area contributed by atoms with Gasteiger partial charge in [0.1, 0.15) is 5.75 Å². The lowest BCUT2D eigenvalue weighted by Crippen LogP contribution is -2.24. The molecule has 0 aromatic heterocycles. The number of benzene rings is 1. The van der Waals surface area contributed by atoms with Crippen molar-refractivity contribution in [2.75, 3.05) is 13.7 Å². The van der Waals surface area contributed by atoms with Crippen molar-refractivity contribution >= 4 is 17.6 Å². The fourth-order valence-electron chi connectivity index (χ4n) is 1.83. The average molecular weight is 286 g/mol.